The predicted octanol–water partition coefficient (Wildman–Crippen LogP) is 3.81. The van der Waals surface area contributed by atoms with E-state index in [0.29, 0.717) is 15.0 Å². The molecule has 1 aromatic heterocycles. The summed E-state index contributed by atoms with van der Waals surface area (Å²) in [6, 6.07) is 8.61. The van der Waals surface area contributed by atoms with Crippen LogP contribution in [-0.2, 0) is 14.3 Å². The zero-order valence-electron chi connectivity index (χ0n) is 13.1. The first-order chi connectivity index (χ1) is 11.4. The standard InChI is InChI=1S/C16H16Cl2N2O3S/c1-9-3-4-10(7-11(9)17)20-16(22)15(21)19-8-12(23-2)13-5-6-14(18)24-13/h3-7,12H,8H2,1-2H3,(H,19,21)(H,20,22). The topological polar surface area (TPSA) is 67.4 Å². The van der Waals surface area contributed by atoms with E-state index in [-0.39, 0.29) is 12.6 Å². The number of thiophene rings is 1. The molecule has 0 aliphatic heterocycles. The normalized spacial score (nSPS) is 11.8. The van der Waals surface area contributed by atoms with Crippen LogP contribution in [0.5, 0.6) is 0 Å². The number of ether oxygens (including phenoxy) is 1. The third-order valence-electron chi connectivity index (χ3n) is 3.28. The van der Waals surface area contributed by atoms with Crippen molar-refractivity contribution in [1.82, 2.24) is 5.32 Å². The van der Waals surface area contributed by atoms with Crippen molar-refractivity contribution in [3.05, 3.63) is 50.1 Å². The molecule has 1 aromatic carbocycles. The van der Waals surface area contributed by atoms with Crippen molar-refractivity contribution >= 4 is 52.0 Å². The van der Waals surface area contributed by atoms with Gasteiger partial charge in [-0.2, -0.15) is 0 Å². The maximum atomic E-state index is 11.9. The maximum absolute atomic E-state index is 11.9. The number of rotatable bonds is 5. The van der Waals surface area contributed by atoms with Gasteiger partial charge < -0.3 is 15.4 Å². The van der Waals surface area contributed by atoms with Crippen molar-refractivity contribution in [2.24, 2.45) is 0 Å². The first-order valence-corrected chi connectivity index (χ1v) is 8.61. The fourth-order valence-electron chi connectivity index (χ4n) is 1.93. The highest BCUT2D eigenvalue weighted by molar-refractivity contribution is 7.16. The van der Waals surface area contributed by atoms with Gasteiger partial charge in [-0.1, -0.05) is 29.3 Å². The van der Waals surface area contributed by atoms with Gasteiger partial charge in [0.15, 0.2) is 0 Å². The Morgan fingerprint density at radius 2 is 1.96 bits per heavy atom. The summed E-state index contributed by atoms with van der Waals surface area (Å²) in [7, 11) is 1.53. The Bertz CT molecular complexity index is 749. The third-order valence-corrected chi connectivity index (χ3v) is 5.01. The number of aryl methyl sites for hydroxylation is 1. The highest BCUT2D eigenvalue weighted by Crippen LogP contribution is 2.28. The molecule has 2 aromatic rings. The summed E-state index contributed by atoms with van der Waals surface area (Å²) in [5.41, 5.74) is 1.34. The van der Waals surface area contributed by atoms with Gasteiger partial charge in [-0.25, -0.2) is 0 Å². The molecule has 0 spiro atoms. The van der Waals surface area contributed by atoms with Crippen LogP contribution in [0.3, 0.4) is 0 Å². The minimum Gasteiger partial charge on any atom is -0.374 e. The van der Waals surface area contributed by atoms with Crippen LogP contribution in [0.1, 0.15) is 16.5 Å². The van der Waals surface area contributed by atoms with Crippen molar-refractivity contribution < 1.29 is 14.3 Å². The summed E-state index contributed by atoms with van der Waals surface area (Å²) in [6.07, 6.45) is -0.368. The lowest BCUT2D eigenvalue weighted by molar-refractivity contribution is -0.136. The quantitative estimate of drug-likeness (QED) is 0.767. The van der Waals surface area contributed by atoms with E-state index in [9.17, 15) is 9.59 Å². The Morgan fingerprint density at radius 1 is 1.21 bits per heavy atom. The number of carbonyl (C=O) groups excluding carboxylic acids is 2. The van der Waals surface area contributed by atoms with Gasteiger partial charge in [0.05, 0.1) is 4.34 Å². The molecule has 2 N–H and O–H groups in total. The van der Waals surface area contributed by atoms with Gasteiger partial charge in [0.25, 0.3) is 0 Å². The molecule has 128 valence electrons. The van der Waals surface area contributed by atoms with Crippen molar-refractivity contribution in [2.75, 3.05) is 19.0 Å². The summed E-state index contributed by atoms with van der Waals surface area (Å²) in [5.74, 6) is -1.52. The highest BCUT2D eigenvalue weighted by atomic mass is 35.5. The largest absolute Gasteiger partial charge is 0.374 e. The molecule has 0 radical (unpaired) electrons. The molecule has 5 nitrogen and oxygen atoms in total. The molecule has 2 rings (SSSR count). The van der Waals surface area contributed by atoms with Crippen LogP contribution in [0.25, 0.3) is 0 Å². The van der Waals surface area contributed by atoms with Gasteiger partial charge in [-0.3, -0.25) is 9.59 Å². The number of benzene rings is 1. The molecule has 0 bridgehead atoms. The number of hydrogen-bond acceptors (Lipinski definition) is 4. The SMILES string of the molecule is COC(CNC(=O)C(=O)Nc1ccc(C)c(Cl)c1)c1ccc(Cl)s1. The second-order valence-corrected chi connectivity index (χ2v) is 7.15. The van der Waals surface area contributed by atoms with Crippen molar-refractivity contribution in [1.29, 1.82) is 0 Å². The van der Waals surface area contributed by atoms with Gasteiger partial charge in [-0.15, -0.1) is 11.3 Å². The summed E-state index contributed by atoms with van der Waals surface area (Å²) in [4.78, 5) is 24.7. The maximum Gasteiger partial charge on any atom is 0.313 e. The van der Waals surface area contributed by atoms with Crippen LogP contribution in [0.4, 0.5) is 5.69 Å². The Balaban J connectivity index is 1.91. The first-order valence-electron chi connectivity index (χ1n) is 7.04. The molecule has 1 atom stereocenters. The Hall–Kier alpha value is -1.60. The van der Waals surface area contributed by atoms with E-state index >= 15 is 0 Å². The predicted molar refractivity (Wildman–Crippen MR) is 96.9 cm³/mol. The fraction of sp³-hybridized carbons (Fsp3) is 0.250. The highest BCUT2D eigenvalue weighted by Gasteiger charge is 2.18. The van der Waals surface area contributed by atoms with Crippen molar-refractivity contribution in [2.45, 2.75) is 13.0 Å². The van der Waals surface area contributed by atoms with Gasteiger partial charge in [0, 0.05) is 29.2 Å². The Morgan fingerprint density at radius 3 is 2.54 bits per heavy atom. The van der Waals surface area contributed by atoms with Crippen molar-refractivity contribution in [3.8, 4) is 0 Å². The number of halogens is 2. The lowest BCUT2D eigenvalue weighted by Crippen LogP contribution is -2.37. The Kier molecular flexibility index (Phi) is 6.62. The van der Waals surface area contributed by atoms with Crippen LogP contribution in [0.15, 0.2) is 30.3 Å². The number of methoxy groups -OCH3 is 1. The second kappa shape index (κ2) is 8.48. The van der Waals surface area contributed by atoms with Crippen LogP contribution in [0, 0.1) is 6.92 Å². The average Bonchev–Trinajstić information content (AvgIpc) is 2.97. The van der Waals surface area contributed by atoms with E-state index in [4.69, 9.17) is 27.9 Å². The van der Waals surface area contributed by atoms with Crippen LogP contribution >= 0.6 is 34.5 Å². The molecule has 24 heavy (non-hydrogen) atoms. The lowest BCUT2D eigenvalue weighted by atomic mass is 10.2. The molecule has 2 amide bonds. The molecule has 0 aliphatic rings. The van der Waals surface area contributed by atoms with E-state index in [1.54, 1.807) is 24.3 Å². The molecule has 1 unspecified atom stereocenters. The van der Waals surface area contributed by atoms with Gasteiger partial charge in [-0.05, 0) is 36.8 Å². The molecule has 0 aliphatic carbocycles. The number of hydrogen-bond donors (Lipinski definition) is 2. The summed E-state index contributed by atoms with van der Waals surface area (Å²) in [6.45, 7) is 2.01. The summed E-state index contributed by atoms with van der Waals surface area (Å²) < 4.78 is 5.95. The van der Waals surface area contributed by atoms with Crippen LogP contribution in [-0.4, -0.2) is 25.5 Å². The fourth-order valence-corrected chi connectivity index (χ4v) is 3.24. The number of anilines is 1. The van der Waals surface area contributed by atoms with E-state index in [0.717, 1.165) is 10.4 Å². The van der Waals surface area contributed by atoms with Gasteiger partial charge in [0.2, 0.25) is 0 Å². The zero-order chi connectivity index (χ0) is 17.7. The lowest BCUT2D eigenvalue weighted by Gasteiger charge is -2.14. The minimum atomic E-state index is -0.769. The summed E-state index contributed by atoms with van der Waals surface area (Å²) >= 11 is 13.2. The number of amides is 2. The molecule has 8 heteroatoms. The summed E-state index contributed by atoms with van der Waals surface area (Å²) in [5, 5.41) is 5.56. The molecule has 0 fully saturated rings. The minimum absolute atomic E-state index is 0.161. The van der Waals surface area contributed by atoms with E-state index in [2.05, 4.69) is 10.6 Å². The zero-order valence-corrected chi connectivity index (χ0v) is 15.4. The smallest absolute Gasteiger partial charge is 0.313 e. The molecular formula is C16H16Cl2N2O3S. The number of nitrogens with one attached hydrogen (secondary N) is 2. The third kappa shape index (κ3) is 4.95. The number of carbonyl (C=O) groups is 2. The van der Waals surface area contributed by atoms with Crippen molar-refractivity contribution in [3.63, 3.8) is 0 Å². The van der Waals surface area contributed by atoms with E-state index in [1.807, 2.05) is 13.0 Å². The average molecular weight is 387 g/mol. The molecular weight excluding hydrogens is 371 g/mol. The van der Waals surface area contributed by atoms with Crippen LogP contribution < -0.4 is 10.6 Å². The molecule has 0 saturated heterocycles. The second-order valence-electron chi connectivity index (χ2n) is 4.99. The monoisotopic (exact) mass is 386 g/mol. The van der Waals surface area contributed by atoms with E-state index < -0.39 is 11.8 Å². The Labute approximate surface area is 153 Å². The first kappa shape index (κ1) is 18.7. The van der Waals surface area contributed by atoms with Crippen LogP contribution in [0.2, 0.25) is 9.36 Å². The van der Waals surface area contributed by atoms with E-state index in [1.165, 1.54) is 18.4 Å². The van der Waals surface area contributed by atoms with Gasteiger partial charge in [0.1, 0.15) is 6.10 Å². The molecule has 1 heterocycles. The molecule has 0 saturated carbocycles. The van der Waals surface area contributed by atoms with Gasteiger partial charge >= 0.3 is 11.8 Å².